The third-order valence-electron chi connectivity index (χ3n) is 2.97. The number of nitrogens with zero attached hydrogens (tertiary/aromatic N) is 3. The molecule has 1 aromatic heterocycles. The lowest BCUT2D eigenvalue weighted by atomic mass is 10.1. The molecule has 1 fully saturated rings. The predicted octanol–water partition coefficient (Wildman–Crippen LogP) is 1.82. The molecular formula is C11H17BrN4. The van der Waals surface area contributed by atoms with E-state index in [1.165, 1.54) is 12.8 Å². The van der Waals surface area contributed by atoms with Crippen molar-refractivity contribution in [3.63, 3.8) is 0 Å². The van der Waals surface area contributed by atoms with Gasteiger partial charge in [0, 0.05) is 25.3 Å². The summed E-state index contributed by atoms with van der Waals surface area (Å²) in [5.41, 5.74) is 0. The molecule has 1 saturated heterocycles. The third kappa shape index (κ3) is 2.52. The Bertz CT molecular complexity index is 339. The Hall–Kier alpha value is -0.680. The largest absolute Gasteiger partial charge is 0.352 e. The van der Waals surface area contributed by atoms with E-state index in [0.717, 1.165) is 29.9 Å². The molecule has 0 amide bonds. The van der Waals surface area contributed by atoms with Crippen LogP contribution in [0.1, 0.15) is 19.8 Å². The molecule has 88 valence electrons. The summed E-state index contributed by atoms with van der Waals surface area (Å²) in [5.74, 6) is 1.01. The number of nitrogens with one attached hydrogen (secondary N) is 1. The summed E-state index contributed by atoms with van der Waals surface area (Å²) in [6.07, 6.45) is 5.89. The van der Waals surface area contributed by atoms with Gasteiger partial charge in [-0.3, -0.25) is 0 Å². The van der Waals surface area contributed by atoms with Crippen LogP contribution in [-0.2, 0) is 0 Å². The van der Waals surface area contributed by atoms with Crippen LogP contribution in [0.25, 0.3) is 0 Å². The average molecular weight is 285 g/mol. The minimum Gasteiger partial charge on any atom is -0.352 e. The summed E-state index contributed by atoms with van der Waals surface area (Å²) in [5, 5.41) is 3.44. The van der Waals surface area contributed by atoms with Crippen molar-refractivity contribution in [2.45, 2.75) is 25.8 Å². The van der Waals surface area contributed by atoms with Gasteiger partial charge in [0.1, 0.15) is 12.1 Å². The van der Waals surface area contributed by atoms with Crippen LogP contribution in [0.4, 0.5) is 5.82 Å². The fraction of sp³-hybridized carbons (Fsp3) is 0.636. The molecule has 0 aromatic carbocycles. The Balaban J connectivity index is 2.18. The van der Waals surface area contributed by atoms with Gasteiger partial charge < -0.3 is 10.2 Å². The number of aromatic nitrogens is 2. The third-order valence-corrected chi connectivity index (χ3v) is 3.53. The molecule has 16 heavy (non-hydrogen) atoms. The standard InChI is InChI=1S/C11H17BrN4/c1-2-16(9-4-3-5-13-6-9)11-10(12)7-14-8-15-11/h7-9,13H,2-6H2,1H3. The van der Waals surface area contributed by atoms with E-state index < -0.39 is 0 Å². The minimum atomic E-state index is 0.546. The van der Waals surface area contributed by atoms with Crippen LogP contribution in [0.2, 0.25) is 0 Å². The van der Waals surface area contributed by atoms with Gasteiger partial charge in [-0.2, -0.15) is 0 Å². The van der Waals surface area contributed by atoms with Crippen LogP contribution in [0.5, 0.6) is 0 Å². The summed E-state index contributed by atoms with van der Waals surface area (Å²) in [6.45, 7) is 5.33. The zero-order valence-corrected chi connectivity index (χ0v) is 11.1. The summed E-state index contributed by atoms with van der Waals surface area (Å²) in [4.78, 5) is 10.7. The smallest absolute Gasteiger partial charge is 0.146 e. The van der Waals surface area contributed by atoms with Gasteiger partial charge in [-0.1, -0.05) is 0 Å². The fourth-order valence-corrected chi connectivity index (χ4v) is 2.65. The van der Waals surface area contributed by atoms with Crippen molar-refractivity contribution in [1.29, 1.82) is 0 Å². The van der Waals surface area contributed by atoms with Crippen LogP contribution in [0.15, 0.2) is 17.0 Å². The first-order valence-electron chi connectivity index (χ1n) is 5.75. The number of hydrogen-bond acceptors (Lipinski definition) is 4. The van der Waals surface area contributed by atoms with Gasteiger partial charge in [-0.05, 0) is 42.2 Å². The number of hydrogen-bond donors (Lipinski definition) is 1. The van der Waals surface area contributed by atoms with Crippen molar-refractivity contribution < 1.29 is 0 Å². The highest BCUT2D eigenvalue weighted by atomic mass is 79.9. The average Bonchev–Trinajstić information content (AvgIpc) is 2.34. The molecule has 1 atom stereocenters. The van der Waals surface area contributed by atoms with Crippen LogP contribution in [-0.4, -0.2) is 35.6 Å². The normalized spacial score (nSPS) is 20.8. The van der Waals surface area contributed by atoms with Gasteiger partial charge in [-0.15, -0.1) is 0 Å². The molecule has 2 heterocycles. The van der Waals surface area contributed by atoms with E-state index in [1.807, 2.05) is 0 Å². The minimum absolute atomic E-state index is 0.546. The van der Waals surface area contributed by atoms with E-state index in [1.54, 1.807) is 12.5 Å². The maximum Gasteiger partial charge on any atom is 0.146 e. The van der Waals surface area contributed by atoms with Crippen LogP contribution in [0.3, 0.4) is 0 Å². The van der Waals surface area contributed by atoms with Gasteiger partial charge in [0.05, 0.1) is 4.47 Å². The van der Waals surface area contributed by atoms with Gasteiger partial charge in [0.2, 0.25) is 0 Å². The van der Waals surface area contributed by atoms with Crippen LogP contribution >= 0.6 is 15.9 Å². The Morgan fingerprint density at radius 1 is 1.62 bits per heavy atom. The van der Waals surface area contributed by atoms with Crippen LogP contribution < -0.4 is 10.2 Å². The molecule has 1 aromatic rings. The first-order chi connectivity index (χ1) is 7.83. The molecule has 0 aliphatic carbocycles. The number of likely N-dealkylation sites (N-methyl/N-ethyl adjacent to an activating group) is 1. The highest BCUT2D eigenvalue weighted by Crippen LogP contribution is 2.25. The molecule has 5 heteroatoms. The Labute approximate surface area is 105 Å². The second-order valence-corrected chi connectivity index (χ2v) is 4.83. The Morgan fingerprint density at radius 2 is 2.50 bits per heavy atom. The zero-order chi connectivity index (χ0) is 11.4. The second-order valence-electron chi connectivity index (χ2n) is 3.98. The molecule has 1 aliphatic heterocycles. The van der Waals surface area contributed by atoms with Gasteiger partial charge in [0.15, 0.2) is 0 Å². The Kier molecular flexibility index (Phi) is 4.12. The topological polar surface area (TPSA) is 41.1 Å². The van der Waals surface area contributed by atoms with E-state index >= 15 is 0 Å². The molecule has 0 saturated carbocycles. The molecular weight excluding hydrogens is 268 g/mol. The van der Waals surface area contributed by atoms with Crippen molar-refractivity contribution in [3.05, 3.63) is 17.0 Å². The van der Waals surface area contributed by atoms with Crippen molar-refractivity contribution in [2.24, 2.45) is 0 Å². The molecule has 0 radical (unpaired) electrons. The molecule has 1 aliphatic rings. The number of anilines is 1. The van der Waals surface area contributed by atoms with Crippen molar-refractivity contribution in [1.82, 2.24) is 15.3 Å². The van der Waals surface area contributed by atoms with E-state index in [-0.39, 0.29) is 0 Å². The summed E-state index contributed by atoms with van der Waals surface area (Å²) in [6, 6.07) is 0.546. The predicted molar refractivity (Wildman–Crippen MR) is 68.6 cm³/mol. The Morgan fingerprint density at radius 3 is 3.12 bits per heavy atom. The zero-order valence-electron chi connectivity index (χ0n) is 9.49. The maximum absolute atomic E-state index is 4.36. The molecule has 1 unspecified atom stereocenters. The fourth-order valence-electron chi connectivity index (χ4n) is 2.20. The SMILES string of the molecule is CCN(c1ncncc1Br)C1CCCNC1. The lowest BCUT2D eigenvalue weighted by Gasteiger charge is -2.35. The molecule has 0 spiro atoms. The van der Waals surface area contributed by atoms with Crippen molar-refractivity contribution in [3.8, 4) is 0 Å². The van der Waals surface area contributed by atoms with E-state index in [4.69, 9.17) is 0 Å². The van der Waals surface area contributed by atoms with Gasteiger partial charge in [-0.25, -0.2) is 9.97 Å². The number of rotatable bonds is 3. The quantitative estimate of drug-likeness (QED) is 0.919. The second kappa shape index (κ2) is 5.59. The first-order valence-corrected chi connectivity index (χ1v) is 6.55. The lowest BCUT2D eigenvalue weighted by Crippen LogP contribution is -2.46. The highest BCUT2D eigenvalue weighted by Gasteiger charge is 2.22. The highest BCUT2D eigenvalue weighted by molar-refractivity contribution is 9.10. The molecule has 4 nitrogen and oxygen atoms in total. The van der Waals surface area contributed by atoms with E-state index in [9.17, 15) is 0 Å². The first kappa shape index (κ1) is 11.8. The van der Waals surface area contributed by atoms with E-state index in [2.05, 4.69) is 43.0 Å². The summed E-state index contributed by atoms with van der Waals surface area (Å²) < 4.78 is 0.974. The molecule has 0 bridgehead atoms. The van der Waals surface area contributed by atoms with Crippen LogP contribution in [0, 0.1) is 0 Å². The monoisotopic (exact) mass is 284 g/mol. The summed E-state index contributed by atoms with van der Waals surface area (Å²) >= 11 is 3.52. The summed E-state index contributed by atoms with van der Waals surface area (Å²) in [7, 11) is 0. The lowest BCUT2D eigenvalue weighted by molar-refractivity contribution is 0.433. The maximum atomic E-state index is 4.36. The number of halogens is 1. The van der Waals surface area contributed by atoms with Gasteiger partial charge >= 0.3 is 0 Å². The van der Waals surface area contributed by atoms with Crippen molar-refractivity contribution >= 4 is 21.7 Å². The molecule has 2 rings (SSSR count). The van der Waals surface area contributed by atoms with Gasteiger partial charge in [0.25, 0.3) is 0 Å². The number of piperidine rings is 1. The van der Waals surface area contributed by atoms with Crippen molar-refractivity contribution in [2.75, 3.05) is 24.5 Å². The van der Waals surface area contributed by atoms with E-state index in [0.29, 0.717) is 6.04 Å². The molecule has 1 N–H and O–H groups in total.